The molecule has 0 radical (unpaired) electrons. The normalized spacial score (nSPS) is 19.9. The average Bonchev–Trinajstić information content (AvgIpc) is 2.93. The number of nitrogens with one attached hydrogen (secondary N) is 1. The molecule has 0 aliphatic carbocycles. The van der Waals surface area contributed by atoms with Crippen molar-refractivity contribution in [3.05, 3.63) is 36.0 Å². The largest absolute Gasteiger partial charge is 0.361 e. The SMILES string of the molecule is O=C1CC(S)CN1CCc1cccc2[nH]ccc12. The molecule has 1 aromatic carbocycles. The van der Waals surface area contributed by atoms with Gasteiger partial charge in [0.1, 0.15) is 0 Å². The molecule has 3 rings (SSSR count). The first kappa shape index (κ1) is 11.7. The van der Waals surface area contributed by atoms with E-state index in [0.29, 0.717) is 6.42 Å². The van der Waals surface area contributed by atoms with Crippen molar-refractivity contribution < 1.29 is 4.79 Å². The lowest BCUT2D eigenvalue weighted by Gasteiger charge is -2.16. The summed E-state index contributed by atoms with van der Waals surface area (Å²) in [5.74, 6) is 0.233. The van der Waals surface area contributed by atoms with E-state index in [0.717, 1.165) is 25.0 Å². The maximum Gasteiger partial charge on any atom is 0.223 e. The second-order valence-electron chi connectivity index (χ2n) is 4.80. The van der Waals surface area contributed by atoms with Gasteiger partial charge in [0.05, 0.1) is 0 Å². The third-order valence-corrected chi connectivity index (χ3v) is 3.88. The van der Waals surface area contributed by atoms with Crippen LogP contribution in [-0.4, -0.2) is 34.1 Å². The van der Waals surface area contributed by atoms with Gasteiger partial charge in [-0.3, -0.25) is 4.79 Å². The number of nitrogens with zero attached hydrogens (tertiary/aromatic N) is 1. The maximum absolute atomic E-state index is 11.7. The van der Waals surface area contributed by atoms with E-state index in [1.54, 1.807) is 0 Å². The molecule has 1 amide bonds. The molecule has 1 fully saturated rings. The molecule has 2 heterocycles. The molecule has 2 aromatic rings. The zero-order valence-electron chi connectivity index (χ0n) is 10.1. The van der Waals surface area contributed by atoms with E-state index in [1.165, 1.54) is 10.9 Å². The first-order chi connectivity index (χ1) is 8.74. The molecule has 1 aliphatic rings. The van der Waals surface area contributed by atoms with Gasteiger partial charge >= 0.3 is 0 Å². The third-order valence-electron chi connectivity index (χ3n) is 3.53. The van der Waals surface area contributed by atoms with E-state index in [-0.39, 0.29) is 11.2 Å². The highest BCUT2D eigenvalue weighted by Crippen LogP contribution is 2.20. The molecule has 4 heteroatoms. The fourth-order valence-corrected chi connectivity index (χ4v) is 2.94. The molecule has 18 heavy (non-hydrogen) atoms. The fourth-order valence-electron chi connectivity index (χ4n) is 2.59. The summed E-state index contributed by atoms with van der Waals surface area (Å²) >= 11 is 4.37. The Morgan fingerprint density at radius 3 is 3.06 bits per heavy atom. The van der Waals surface area contributed by atoms with Crippen molar-refractivity contribution >= 4 is 29.4 Å². The minimum Gasteiger partial charge on any atom is -0.361 e. The number of hydrogen-bond donors (Lipinski definition) is 2. The van der Waals surface area contributed by atoms with E-state index in [1.807, 2.05) is 11.1 Å². The van der Waals surface area contributed by atoms with Crippen molar-refractivity contribution in [1.29, 1.82) is 0 Å². The van der Waals surface area contributed by atoms with E-state index in [2.05, 4.69) is 41.9 Å². The first-order valence-electron chi connectivity index (χ1n) is 6.25. The van der Waals surface area contributed by atoms with Gasteiger partial charge in [0, 0.05) is 41.9 Å². The van der Waals surface area contributed by atoms with Gasteiger partial charge in [-0.1, -0.05) is 12.1 Å². The molecule has 1 N–H and O–H groups in total. The molecule has 3 nitrogen and oxygen atoms in total. The van der Waals surface area contributed by atoms with Crippen molar-refractivity contribution in [3.8, 4) is 0 Å². The Morgan fingerprint density at radius 2 is 2.28 bits per heavy atom. The molecule has 0 saturated carbocycles. The standard InChI is InChI=1S/C14H16N2OS/c17-14-8-11(18)9-16(14)7-5-10-2-1-3-13-12(10)4-6-15-13/h1-4,6,11,15,18H,5,7-9H2. The Morgan fingerprint density at radius 1 is 1.39 bits per heavy atom. The molecule has 1 aromatic heterocycles. The van der Waals surface area contributed by atoms with Crippen LogP contribution in [0.2, 0.25) is 0 Å². The molecular weight excluding hydrogens is 244 g/mol. The van der Waals surface area contributed by atoms with Crippen LogP contribution in [0.15, 0.2) is 30.5 Å². The lowest BCUT2D eigenvalue weighted by molar-refractivity contribution is -0.127. The van der Waals surface area contributed by atoms with Crippen LogP contribution in [0.4, 0.5) is 0 Å². The number of H-pyrrole nitrogens is 1. The van der Waals surface area contributed by atoms with Crippen molar-refractivity contribution in [2.24, 2.45) is 0 Å². The van der Waals surface area contributed by atoms with Gasteiger partial charge in [0.25, 0.3) is 0 Å². The summed E-state index contributed by atoms with van der Waals surface area (Å²) in [5.41, 5.74) is 2.46. The third kappa shape index (κ3) is 2.12. The van der Waals surface area contributed by atoms with Crippen LogP contribution in [0, 0.1) is 0 Å². The molecule has 94 valence electrons. The van der Waals surface area contributed by atoms with E-state index >= 15 is 0 Å². The second kappa shape index (κ2) is 4.69. The van der Waals surface area contributed by atoms with Crippen molar-refractivity contribution in [1.82, 2.24) is 9.88 Å². The van der Waals surface area contributed by atoms with Gasteiger partial charge < -0.3 is 9.88 Å². The van der Waals surface area contributed by atoms with Crippen molar-refractivity contribution in [2.45, 2.75) is 18.1 Å². The van der Waals surface area contributed by atoms with E-state index in [9.17, 15) is 4.79 Å². The Labute approximate surface area is 112 Å². The number of likely N-dealkylation sites (tertiary alicyclic amines) is 1. The molecule has 1 atom stereocenters. The van der Waals surface area contributed by atoms with Crippen LogP contribution < -0.4 is 0 Å². The van der Waals surface area contributed by atoms with Gasteiger partial charge in [-0.2, -0.15) is 12.6 Å². The summed E-state index contributed by atoms with van der Waals surface area (Å²) in [6.07, 6.45) is 3.44. The maximum atomic E-state index is 11.7. The number of thiol groups is 1. The van der Waals surface area contributed by atoms with E-state index < -0.39 is 0 Å². The summed E-state index contributed by atoms with van der Waals surface area (Å²) < 4.78 is 0. The van der Waals surface area contributed by atoms with Crippen molar-refractivity contribution in [2.75, 3.05) is 13.1 Å². The zero-order chi connectivity index (χ0) is 12.5. The van der Waals surface area contributed by atoms with Gasteiger partial charge in [-0.15, -0.1) is 0 Å². The average molecular weight is 260 g/mol. The molecule has 0 bridgehead atoms. The van der Waals surface area contributed by atoms with Gasteiger partial charge in [0.2, 0.25) is 5.91 Å². The lowest BCUT2D eigenvalue weighted by atomic mass is 10.1. The predicted molar refractivity (Wildman–Crippen MR) is 76.0 cm³/mol. The molecule has 1 unspecified atom stereocenters. The van der Waals surface area contributed by atoms with Crippen LogP contribution in [0.5, 0.6) is 0 Å². The van der Waals surface area contributed by atoms with Gasteiger partial charge in [-0.25, -0.2) is 0 Å². The smallest absolute Gasteiger partial charge is 0.223 e. The summed E-state index contributed by atoms with van der Waals surface area (Å²) in [6.45, 7) is 1.57. The molecule has 0 spiro atoms. The number of fused-ring (bicyclic) bond motifs is 1. The first-order valence-corrected chi connectivity index (χ1v) is 6.76. The number of amides is 1. The number of hydrogen-bond acceptors (Lipinski definition) is 2. The van der Waals surface area contributed by atoms with Gasteiger partial charge in [-0.05, 0) is 24.1 Å². The minimum absolute atomic E-state index is 0.209. The topological polar surface area (TPSA) is 36.1 Å². The van der Waals surface area contributed by atoms with E-state index in [4.69, 9.17) is 0 Å². The van der Waals surface area contributed by atoms with Crippen LogP contribution in [0.3, 0.4) is 0 Å². The van der Waals surface area contributed by atoms with Crippen LogP contribution in [-0.2, 0) is 11.2 Å². The summed E-state index contributed by atoms with van der Waals surface area (Å²) in [4.78, 5) is 16.8. The predicted octanol–water partition coefficient (Wildman–Crippen LogP) is 2.24. The molecule has 1 aliphatic heterocycles. The molecular formula is C14H16N2OS. The monoisotopic (exact) mass is 260 g/mol. The fraction of sp³-hybridized carbons (Fsp3) is 0.357. The Balaban J connectivity index is 1.73. The summed E-state index contributed by atoms with van der Waals surface area (Å²) in [7, 11) is 0. The quantitative estimate of drug-likeness (QED) is 0.816. The zero-order valence-corrected chi connectivity index (χ0v) is 11.0. The Kier molecular flexibility index (Phi) is 3.04. The Bertz CT molecular complexity index is 578. The van der Waals surface area contributed by atoms with Crippen LogP contribution in [0.1, 0.15) is 12.0 Å². The number of carbonyl (C=O) groups is 1. The van der Waals surface area contributed by atoms with Crippen LogP contribution in [0.25, 0.3) is 10.9 Å². The number of aromatic nitrogens is 1. The minimum atomic E-state index is 0.209. The number of rotatable bonds is 3. The number of aromatic amines is 1. The highest BCUT2D eigenvalue weighted by Gasteiger charge is 2.26. The number of carbonyl (C=O) groups excluding carboxylic acids is 1. The summed E-state index contributed by atoms with van der Waals surface area (Å²) in [6, 6.07) is 8.36. The Hall–Kier alpha value is -1.42. The molecule has 1 saturated heterocycles. The van der Waals surface area contributed by atoms with Crippen LogP contribution >= 0.6 is 12.6 Å². The van der Waals surface area contributed by atoms with Crippen molar-refractivity contribution in [3.63, 3.8) is 0 Å². The second-order valence-corrected chi connectivity index (χ2v) is 5.53. The number of benzene rings is 1. The van der Waals surface area contributed by atoms with Gasteiger partial charge in [0.15, 0.2) is 0 Å². The highest BCUT2D eigenvalue weighted by molar-refractivity contribution is 7.81. The summed E-state index contributed by atoms with van der Waals surface area (Å²) in [5, 5.41) is 1.46. The lowest BCUT2D eigenvalue weighted by Crippen LogP contribution is -2.27. The highest BCUT2D eigenvalue weighted by atomic mass is 32.1.